The first-order chi connectivity index (χ1) is 15.3. The van der Waals surface area contributed by atoms with Crippen molar-refractivity contribution < 1.29 is 14.6 Å². The van der Waals surface area contributed by atoms with Gasteiger partial charge in [-0.05, 0) is 92.4 Å². The van der Waals surface area contributed by atoms with Gasteiger partial charge in [0.25, 0.3) is 0 Å². The van der Waals surface area contributed by atoms with Crippen molar-refractivity contribution in [1.82, 2.24) is 0 Å². The van der Waals surface area contributed by atoms with E-state index >= 15 is 0 Å². The van der Waals surface area contributed by atoms with Crippen LogP contribution in [-0.4, -0.2) is 22.8 Å². The molecule has 0 bridgehead atoms. The van der Waals surface area contributed by atoms with Crippen molar-refractivity contribution in [2.45, 2.75) is 90.3 Å². The Morgan fingerprint density at radius 1 is 1.00 bits per heavy atom. The van der Waals surface area contributed by atoms with E-state index in [4.69, 9.17) is 4.74 Å². The average molecular weight is 437 g/mol. The van der Waals surface area contributed by atoms with Crippen LogP contribution in [0.25, 0.3) is 6.08 Å². The molecule has 0 radical (unpaired) electrons. The van der Waals surface area contributed by atoms with E-state index in [9.17, 15) is 9.90 Å². The Balaban J connectivity index is 1.35. The van der Waals surface area contributed by atoms with Gasteiger partial charge < -0.3 is 9.84 Å². The summed E-state index contributed by atoms with van der Waals surface area (Å²) in [6.45, 7) is 6.46. The molecule has 1 aromatic rings. The maximum atomic E-state index is 11.9. The van der Waals surface area contributed by atoms with Gasteiger partial charge in [0.2, 0.25) is 0 Å². The summed E-state index contributed by atoms with van der Waals surface area (Å²) in [6, 6.07) is 10.4. The van der Waals surface area contributed by atoms with Crippen molar-refractivity contribution in [2.75, 3.05) is 0 Å². The van der Waals surface area contributed by atoms with Crippen molar-refractivity contribution in [3.05, 3.63) is 42.0 Å². The Labute approximate surface area is 193 Å². The lowest BCUT2D eigenvalue weighted by Crippen LogP contribution is -2.56. The molecule has 4 fully saturated rings. The molecule has 0 heterocycles. The van der Waals surface area contributed by atoms with E-state index in [1.54, 1.807) is 6.92 Å². The molecule has 0 saturated heterocycles. The molecule has 0 aromatic heterocycles. The second-order valence-electron chi connectivity index (χ2n) is 11.8. The van der Waals surface area contributed by atoms with E-state index in [-0.39, 0.29) is 17.5 Å². The maximum Gasteiger partial charge on any atom is 0.302 e. The van der Waals surface area contributed by atoms with Crippen LogP contribution in [0.3, 0.4) is 0 Å². The molecule has 8 atom stereocenters. The van der Waals surface area contributed by atoms with E-state index < -0.39 is 5.60 Å². The van der Waals surface area contributed by atoms with Gasteiger partial charge in [0.1, 0.15) is 6.10 Å². The summed E-state index contributed by atoms with van der Waals surface area (Å²) < 4.78 is 5.62. The molecule has 4 aliphatic carbocycles. The molecule has 32 heavy (non-hydrogen) atoms. The highest BCUT2D eigenvalue weighted by Gasteiger charge is 2.64. The number of hydrogen-bond donors (Lipinski definition) is 1. The fourth-order valence-electron chi connectivity index (χ4n) is 8.68. The summed E-state index contributed by atoms with van der Waals surface area (Å²) in [5.74, 6) is 2.62. The number of benzene rings is 1. The average Bonchev–Trinajstić information content (AvgIpc) is 3.04. The predicted octanol–water partition coefficient (Wildman–Crippen LogP) is 6.41. The lowest BCUT2D eigenvalue weighted by molar-refractivity contribution is -0.164. The summed E-state index contributed by atoms with van der Waals surface area (Å²) in [4.78, 5) is 11.5. The third-order valence-electron chi connectivity index (χ3n) is 10.5. The van der Waals surface area contributed by atoms with Gasteiger partial charge in [-0.2, -0.15) is 0 Å². The van der Waals surface area contributed by atoms with E-state index in [1.165, 1.54) is 31.2 Å². The van der Waals surface area contributed by atoms with Crippen molar-refractivity contribution in [3.63, 3.8) is 0 Å². The molecule has 174 valence electrons. The van der Waals surface area contributed by atoms with E-state index in [0.29, 0.717) is 17.3 Å². The van der Waals surface area contributed by atoms with Gasteiger partial charge >= 0.3 is 5.97 Å². The van der Waals surface area contributed by atoms with Crippen molar-refractivity contribution in [2.24, 2.45) is 34.5 Å². The molecule has 3 nitrogen and oxygen atoms in total. The van der Waals surface area contributed by atoms with Gasteiger partial charge in [-0.3, -0.25) is 4.79 Å². The third kappa shape index (κ3) is 3.47. The molecular weight excluding hydrogens is 396 g/mol. The molecule has 5 rings (SSSR count). The molecule has 3 heteroatoms. The van der Waals surface area contributed by atoms with E-state index in [2.05, 4.69) is 50.3 Å². The lowest BCUT2D eigenvalue weighted by Gasteiger charge is -2.61. The molecule has 1 aromatic carbocycles. The maximum absolute atomic E-state index is 11.9. The zero-order valence-electron chi connectivity index (χ0n) is 20.1. The van der Waals surface area contributed by atoms with Crippen LogP contribution in [0.1, 0.15) is 84.1 Å². The zero-order valence-corrected chi connectivity index (χ0v) is 20.1. The molecular formula is C29H40O3. The first-order valence-corrected chi connectivity index (χ1v) is 12.9. The second kappa shape index (κ2) is 8.01. The number of carbonyl (C=O) groups excluding carboxylic acids is 1. The monoisotopic (exact) mass is 436 g/mol. The summed E-state index contributed by atoms with van der Waals surface area (Å²) in [7, 11) is 0. The number of carbonyl (C=O) groups is 1. The van der Waals surface area contributed by atoms with Crippen LogP contribution in [0.15, 0.2) is 36.4 Å². The van der Waals surface area contributed by atoms with Crippen molar-refractivity contribution in [3.8, 4) is 0 Å². The molecule has 0 amide bonds. The molecule has 1 N–H and O–H groups in total. The van der Waals surface area contributed by atoms with Crippen LogP contribution in [0.2, 0.25) is 0 Å². The van der Waals surface area contributed by atoms with Crippen molar-refractivity contribution in [1.29, 1.82) is 0 Å². The quantitative estimate of drug-likeness (QED) is 0.557. The molecule has 4 saturated carbocycles. The van der Waals surface area contributed by atoms with Gasteiger partial charge in [0.15, 0.2) is 0 Å². The van der Waals surface area contributed by atoms with Crippen LogP contribution < -0.4 is 0 Å². The fourth-order valence-corrected chi connectivity index (χ4v) is 8.68. The highest BCUT2D eigenvalue weighted by Crippen LogP contribution is 2.68. The topological polar surface area (TPSA) is 46.5 Å². The van der Waals surface area contributed by atoms with Crippen LogP contribution in [0, 0.1) is 34.5 Å². The van der Waals surface area contributed by atoms with Crippen LogP contribution >= 0.6 is 0 Å². The number of ether oxygens (including phenoxy) is 1. The third-order valence-corrected chi connectivity index (χ3v) is 10.5. The Morgan fingerprint density at radius 2 is 1.75 bits per heavy atom. The zero-order chi connectivity index (χ0) is 22.6. The van der Waals surface area contributed by atoms with Gasteiger partial charge in [-0.1, -0.05) is 56.3 Å². The van der Waals surface area contributed by atoms with Gasteiger partial charge in [-0.25, -0.2) is 0 Å². The number of fused-ring (bicyclic) bond motifs is 5. The number of hydrogen-bond acceptors (Lipinski definition) is 3. The van der Waals surface area contributed by atoms with Crippen molar-refractivity contribution >= 4 is 12.0 Å². The highest BCUT2D eigenvalue weighted by molar-refractivity contribution is 5.66. The predicted molar refractivity (Wildman–Crippen MR) is 128 cm³/mol. The van der Waals surface area contributed by atoms with E-state index in [1.807, 2.05) is 6.07 Å². The van der Waals surface area contributed by atoms with Crippen LogP contribution in [-0.2, 0) is 9.53 Å². The highest BCUT2D eigenvalue weighted by atomic mass is 16.5. The SMILES string of the molecule is CC(=O)O[C@H]1CC[C@@]2(C)[C@@H](CC[C@@H]3[C@H]4CC[C@@](O)(C=Cc5ccccc5)[C@@]4(C)CC[C@@H]32)C1. The lowest BCUT2D eigenvalue weighted by atomic mass is 9.44. The summed E-state index contributed by atoms with van der Waals surface area (Å²) in [6.07, 6.45) is 14.5. The van der Waals surface area contributed by atoms with E-state index in [0.717, 1.165) is 43.9 Å². The number of esters is 1. The van der Waals surface area contributed by atoms with Gasteiger partial charge in [0.05, 0.1) is 5.60 Å². The number of aliphatic hydroxyl groups is 1. The Bertz CT molecular complexity index is 878. The minimum atomic E-state index is -0.705. The van der Waals surface area contributed by atoms with Crippen LogP contribution in [0.4, 0.5) is 0 Å². The molecule has 0 aliphatic heterocycles. The Morgan fingerprint density at radius 3 is 2.50 bits per heavy atom. The Hall–Kier alpha value is -1.61. The smallest absolute Gasteiger partial charge is 0.302 e. The van der Waals surface area contributed by atoms with Gasteiger partial charge in [-0.15, -0.1) is 0 Å². The summed E-state index contributed by atoms with van der Waals surface area (Å²) in [5.41, 5.74) is 0.793. The summed E-state index contributed by atoms with van der Waals surface area (Å²) >= 11 is 0. The first-order valence-electron chi connectivity index (χ1n) is 12.9. The molecule has 4 aliphatic rings. The Kier molecular flexibility index (Phi) is 5.55. The van der Waals surface area contributed by atoms with Gasteiger partial charge in [0, 0.05) is 12.3 Å². The first kappa shape index (κ1) is 22.2. The second-order valence-corrected chi connectivity index (χ2v) is 11.8. The minimum absolute atomic E-state index is 0.0302. The summed E-state index contributed by atoms with van der Waals surface area (Å²) in [5, 5.41) is 11.9. The van der Waals surface area contributed by atoms with Crippen LogP contribution in [0.5, 0.6) is 0 Å². The fraction of sp³-hybridized carbons (Fsp3) is 0.690. The largest absolute Gasteiger partial charge is 0.463 e. The molecule has 0 spiro atoms. The number of rotatable bonds is 3. The minimum Gasteiger partial charge on any atom is -0.463 e. The standard InChI is InChI=1S/C29H40O3/c1-20(30)32-23-12-15-27(2)22(19-23)9-10-24-25(27)13-16-28(3)26(24)14-18-29(28,31)17-11-21-7-5-4-6-8-21/h4-8,11,17,22-26,31H,9-10,12-16,18-19H2,1-3H3/t22-,23-,24-,25-,26+,27-,28-,29-/m0/s1. The normalized spacial score (nSPS) is 45.7. The molecule has 0 unspecified atom stereocenters.